The SMILES string of the molecule is COc1cc(C(=O)COC(=O)CCC2CCCC2)cc(OC)c1OC. The lowest BCUT2D eigenvalue weighted by Crippen LogP contribution is -2.15. The van der Waals surface area contributed by atoms with Gasteiger partial charge in [0.15, 0.2) is 18.1 Å². The van der Waals surface area contributed by atoms with Crippen molar-refractivity contribution in [3.63, 3.8) is 0 Å². The molecular formula is C19H26O6. The molecule has 0 aromatic heterocycles. The van der Waals surface area contributed by atoms with Crippen molar-refractivity contribution in [1.82, 2.24) is 0 Å². The fourth-order valence-electron chi connectivity index (χ4n) is 3.16. The first kappa shape index (κ1) is 19.1. The summed E-state index contributed by atoms with van der Waals surface area (Å²) in [5.74, 6) is 1.17. The molecule has 0 unspecified atom stereocenters. The number of carbonyl (C=O) groups excluding carboxylic acids is 2. The first-order valence-electron chi connectivity index (χ1n) is 8.57. The monoisotopic (exact) mass is 350 g/mol. The lowest BCUT2D eigenvalue weighted by atomic mass is 10.0. The van der Waals surface area contributed by atoms with Crippen LogP contribution in [0.1, 0.15) is 48.9 Å². The molecule has 0 N–H and O–H groups in total. The summed E-state index contributed by atoms with van der Waals surface area (Å²) in [6.07, 6.45) is 6.10. The predicted octanol–water partition coefficient (Wildman–Crippen LogP) is 3.41. The maximum Gasteiger partial charge on any atom is 0.306 e. The summed E-state index contributed by atoms with van der Waals surface area (Å²) in [5, 5.41) is 0. The Morgan fingerprint density at radius 2 is 1.60 bits per heavy atom. The van der Waals surface area contributed by atoms with Crippen molar-refractivity contribution in [2.24, 2.45) is 5.92 Å². The Morgan fingerprint density at radius 1 is 1.00 bits per heavy atom. The smallest absolute Gasteiger partial charge is 0.306 e. The second-order valence-corrected chi connectivity index (χ2v) is 6.19. The topological polar surface area (TPSA) is 71.1 Å². The third-order valence-corrected chi connectivity index (χ3v) is 4.58. The minimum absolute atomic E-state index is 0.290. The van der Waals surface area contributed by atoms with Gasteiger partial charge in [0.05, 0.1) is 21.3 Å². The van der Waals surface area contributed by atoms with Crippen LogP contribution in [-0.4, -0.2) is 39.7 Å². The van der Waals surface area contributed by atoms with Crippen LogP contribution < -0.4 is 14.2 Å². The predicted molar refractivity (Wildman–Crippen MR) is 92.6 cm³/mol. The molecule has 0 aliphatic heterocycles. The van der Waals surface area contributed by atoms with E-state index < -0.39 is 0 Å². The van der Waals surface area contributed by atoms with Crippen LogP contribution in [0.25, 0.3) is 0 Å². The average Bonchev–Trinajstić information content (AvgIpc) is 3.16. The number of benzene rings is 1. The number of esters is 1. The molecule has 1 aromatic rings. The Morgan fingerprint density at radius 3 is 2.12 bits per heavy atom. The summed E-state index contributed by atoms with van der Waals surface area (Å²) < 4.78 is 20.8. The van der Waals surface area contributed by atoms with Crippen molar-refractivity contribution < 1.29 is 28.5 Å². The van der Waals surface area contributed by atoms with Crippen LogP contribution in [0.15, 0.2) is 12.1 Å². The number of hydrogen-bond acceptors (Lipinski definition) is 6. The zero-order chi connectivity index (χ0) is 18.2. The molecule has 0 saturated heterocycles. The Labute approximate surface area is 148 Å². The van der Waals surface area contributed by atoms with Gasteiger partial charge in [0, 0.05) is 12.0 Å². The van der Waals surface area contributed by atoms with Gasteiger partial charge in [0.25, 0.3) is 0 Å². The van der Waals surface area contributed by atoms with Crippen molar-refractivity contribution in [2.45, 2.75) is 38.5 Å². The van der Waals surface area contributed by atoms with Gasteiger partial charge in [-0.2, -0.15) is 0 Å². The number of hydrogen-bond donors (Lipinski definition) is 0. The molecule has 0 bridgehead atoms. The molecule has 1 aliphatic rings. The van der Waals surface area contributed by atoms with Gasteiger partial charge in [-0.15, -0.1) is 0 Å². The van der Waals surface area contributed by atoms with Crippen LogP contribution in [0.3, 0.4) is 0 Å². The number of Topliss-reactive ketones (excluding diaryl/α,β-unsaturated/α-hetero) is 1. The van der Waals surface area contributed by atoms with Crippen LogP contribution in [0.5, 0.6) is 17.2 Å². The molecule has 138 valence electrons. The quantitative estimate of drug-likeness (QED) is 0.502. The van der Waals surface area contributed by atoms with Crippen molar-refractivity contribution in [3.8, 4) is 17.2 Å². The first-order valence-corrected chi connectivity index (χ1v) is 8.57. The summed E-state index contributed by atoms with van der Waals surface area (Å²) in [6, 6.07) is 3.10. The molecule has 1 fully saturated rings. The number of rotatable bonds is 9. The summed E-state index contributed by atoms with van der Waals surface area (Å²) in [4.78, 5) is 24.2. The highest BCUT2D eigenvalue weighted by molar-refractivity contribution is 5.99. The highest BCUT2D eigenvalue weighted by Gasteiger charge is 2.19. The standard InChI is InChI=1S/C19H26O6/c1-22-16-10-14(11-17(23-2)19(16)24-3)15(20)12-25-18(21)9-8-13-6-4-5-7-13/h10-11,13H,4-9,12H2,1-3H3. The second-order valence-electron chi connectivity index (χ2n) is 6.19. The minimum atomic E-state index is -0.326. The van der Waals surface area contributed by atoms with Crippen molar-refractivity contribution in [3.05, 3.63) is 17.7 Å². The minimum Gasteiger partial charge on any atom is -0.493 e. The van der Waals surface area contributed by atoms with Gasteiger partial charge < -0.3 is 18.9 Å². The van der Waals surface area contributed by atoms with E-state index in [-0.39, 0.29) is 18.4 Å². The Kier molecular flexibility index (Phi) is 7.10. The summed E-state index contributed by atoms with van der Waals surface area (Å²) in [7, 11) is 4.46. The normalized spacial score (nSPS) is 14.2. The molecule has 0 amide bonds. The van der Waals surface area contributed by atoms with E-state index in [0.717, 1.165) is 6.42 Å². The molecule has 0 atom stereocenters. The fourth-order valence-corrected chi connectivity index (χ4v) is 3.16. The first-order chi connectivity index (χ1) is 12.1. The van der Waals surface area contributed by atoms with Crippen molar-refractivity contribution in [1.29, 1.82) is 0 Å². The molecule has 6 heteroatoms. The van der Waals surface area contributed by atoms with E-state index in [1.807, 2.05) is 0 Å². The lowest BCUT2D eigenvalue weighted by molar-refractivity contribution is -0.142. The van der Waals surface area contributed by atoms with E-state index in [0.29, 0.717) is 35.2 Å². The third kappa shape index (κ3) is 5.11. The maximum atomic E-state index is 12.3. The van der Waals surface area contributed by atoms with Gasteiger partial charge in [-0.1, -0.05) is 25.7 Å². The molecule has 0 radical (unpaired) electrons. The fraction of sp³-hybridized carbons (Fsp3) is 0.579. The highest BCUT2D eigenvalue weighted by atomic mass is 16.5. The molecule has 1 aliphatic carbocycles. The summed E-state index contributed by atoms with van der Waals surface area (Å²) in [6.45, 7) is -0.290. The van der Waals surface area contributed by atoms with Crippen LogP contribution in [-0.2, 0) is 9.53 Å². The molecule has 0 spiro atoms. The van der Waals surface area contributed by atoms with Gasteiger partial charge in [-0.25, -0.2) is 0 Å². The molecule has 1 aromatic carbocycles. The van der Waals surface area contributed by atoms with E-state index >= 15 is 0 Å². The van der Waals surface area contributed by atoms with Crippen molar-refractivity contribution in [2.75, 3.05) is 27.9 Å². The zero-order valence-electron chi connectivity index (χ0n) is 15.1. The molecular weight excluding hydrogens is 324 g/mol. The number of ether oxygens (including phenoxy) is 4. The largest absolute Gasteiger partial charge is 0.493 e. The number of ketones is 1. The van der Waals surface area contributed by atoms with Crippen LogP contribution in [0.4, 0.5) is 0 Å². The Bertz CT molecular complexity index is 579. The maximum absolute atomic E-state index is 12.3. The average molecular weight is 350 g/mol. The van der Waals surface area contributed by atoms with E-state index in [9.17, 15) is 9.59 Å². The van der Waals surface area contributed by atoms with E-state index in [2.05, 4.69) is 0 Å². The van der Waals surface area contributed by atoms with E-state index in [1.165, 1.54) is 47.0 Å². The molecule has 1 saturated carbocycles. The third-order valence-electron chi connectivity index (χ3n) is 4.58. The molecule has 25 heavy (non-hydrogen) atoms. The van der Waals surface area contributed by atoms with Gasteiger partial charge >= 0.3 is 5.97 Å². The van der Waals surface area contributed by atoms with Gasteiger partial charge in [-0.3, -0.25) is 9.59 Å². The summed E-state index contributed by atoms with van der Waals surface area (Å²) >= 11 is 0. The molecule has 6 nitrogen and oxygen atoms in total. The highest BCUT2D eigenvalue weighted by Crippen LogP contribution is 2.38. The Balaban J connectivity index is 1.92. The van der Waals surface area contributed by atoms with Crippen LogP contribution in [0.2, 0.25) is 0 Å². The zero-order valence-corrected chi connectivity index (χ0v) is 15.1. The summed E-state index contributed by atoms with van der Waals surface area (Å²) in [5.41, 5.74) is 0.345. The second kappa shape index (κ2) is 9.30. The number of carbonyl (C=O) groups is 2. The van der Waals surface area contributed by atoms with Gasteiger partial charge in [0.2, 0.25) is 11.5 Å². The van der Waals surface area contributed by atoms with Gasteiger partial charge in [-0.05, 0) is 24.5 Å². The molecule has 2 rings (SSSR count). The lowest BCUT2D eigenvalue weighted by Gasteiger charge is -2.14. The molecule has 0 heterocycles. The Hall–Kier alpha value is -2.24. The van der Waals surface area contributed by atoms with Gasteiger partial charge in [0.1, 0.15) is 0 Å². The van der Waals surface area contributed by atoms with E-state index in [4.69, 9.17) is 18.9 Å². The van der Waals surface area contributed by atoms with Crippen molar-refractivity contribution >= 4 is 11.8 Å². The van der Waals surface area contributed by atoms with E-state index in [1.54, 1.807) is 12.1 Å². The van der Waals surface area contributed by atoms with Crippen LogP contribution in [0, 0.1) is 5.92 Å². The number of methoxy groups -OCH3 is 3. The van der Waals surface area contributed by atoms with Crippen LogP contribution >= 0.6 is 0 Å².